The number of hydrogen-bond acceptors (Lipinski definition) is 6. The maximum atomic E-state index is 12.4. The molecule has 0 saturated heterocycles. The summed E-state index contributed by atoms with van der Waals surface area (Å²) in [5.41, 5.74) is 4.60. The number of aryl methyl sites for hydroxylation is 1. The quantitative estimate of drug-likeness (QED) is 0.536. The van der Waals surface area contributed by atoms with E-state index in [2.05, 4.69) is 64.8 Å². The second-order valence-corrected chi connectivity index (χ2v) is 7.79. The Kier molecular flexibility index (Phi) is 7.92. The number of benzene rings is 2. The van der Waals surface area contributed by atoms with Gasteiger partial charge in [-0.05, 0) is 43.3 Å². The van der Waals surface area contributed by atoms with Gasteiger partial charge >= 0.3 is 0 Å². The van der Waals surface area contributed by atoms with Gasteiger partial charge in [0.1, 0.15) is 6.10 Å². The van der Waals surface area contributed by atoms with Gasteiger partial charge in [-0.3, -0.25) is 4.79 Å². The summed E-state index contributed by atoms with van der Waals surface area (Å²) in [5, 5.41) is 6.88. The van der Waals surface area contributed by atoms with Crippen LogP contribution in [0.3, 0.4) is 0 Å². The average Bonchev–Trinajstić information content (AvgIpc) is 3.25. The molecule has 1 heterocycles. The van der Waals surface area contributed by atoms with E-state index in [1.807, 2.05) is 25.1 Å². The van der Waals surface area contributed by atoms with E-state index in [4.69, 9.17) is 9.26 Å². The minimum atomic E-state index is -0.236. The third-order valence-electron chi connectivity index (χ3n) is 5.02. The van der Waals surface area contributed by atoms with Gasteiger partial charge < -0.3 is 19.5 Å². The molecule has 3 rings (SSSR count). The Bertz CT molecular complexity index is 982. The molecule has 7 heteroatoms. The molecular formula is C24H30N4O3. The summed E-state index contributed by atoms with van der Waals surface area (Å²) < 4.78 is 10.4. The summed E-state index contributed by atoms with van der Waals surface area (Å²) in [6.45, 7) is 3.21. The lowest BCUT2D eigenvalue weighted by Gasteiger charge is -2.13. The van der Waals surface area contributed by atoms with Gasteiger partial charge in [0.15, 0.2) is 5.82 Å². The van der Waals surface area contributed by atoms with E-state index in [1.54, 1.807) is 7.11 Å². The minimum Gasteiger partial charge on any atom is -0.374 e. The van der Waals surface area contributed by atoms with Crippen LogP contribution in [0.2, 0.25) is 0 Å². The SMILES string of the molecule is CO[C@@H](C)c1noc(CCC(=O)NCc2ccccc2-c2ccc(CN(C)C)cc2)n1. The molecule has 2 aromatic carbocycles. The summed E-state index contributed by atoms with van der Waals surface area (Å²) >= 11 is 0. The van der Waals surface area contributed by atoms with Crippen molar-refractivity contribution in [2.75, 3.05) is 21.2 Å². The van der Waals surface area contributed by atoms with Gasteiger partial charge in [0.25, 0.3) is 0 Å². The van der Waals surface area contributed by atoms with Crippen molar-refractivity contribution in [2.24, 2.45) is 0 Å². The third kappa shape index (κ3) is 6.47. The number of aromatic nitrogens is 2. The van der Waals surface area contributed by atoms with Crippen LogP contribution in [-0.2, 0) is 29.0 Å². The van der Waals surface area contributed by atoms with Gasteiger partial charge in [-0.2, -0.15) is 4.98 Å². The largest absolute Gasteiger partial charge is 0.374 e. The van der Waals surface area contributed by atoms with Crippen molar-refractivity contribution in [1.82, 2.24) is 20.4 Å². The second-order valence-electron chi connectivity index (χ2n) is 7.79. The molecule has 0 unspecified atom stereocenters. The number of amides is 1. The highest BCUT2D eigenvalue weighted by Gasteiger charge is 2.14. The van der Waals surface area contributed by atoms with Crippen LogP contribution in [-0.4, -0.2) is 42.2 Å². The molecule has 3 aromatic rings. The van der Waals surface area contributed by atoms with Crippen molar-refractivity contribution in [3.05, 3.63) is 71.4 Å². The molecule has 164 valence electrons. The van der Waals surface area contributed by atoms with Crippen LogP contribution in [0.15, 0.2) is 53.1 Å². The molecule has 1 N–H and O–H groups in total. The summed E-state index contributed by atoms with van der Waals surface area (Å²) in [6.07, 6.45) is 0.439. The minimum absolute atomic E-state index is 0.0596. The predicted octanol–water partition coefficient (Wildman–Crippen LogP) is 3.75. The number of ether oxygens (including phenoxy) is 1. The molecule has 0 spiro atoms. The summed E-state index contributed by atoms with van der Waals surface area (Å²) in [4.78, 5) is 18.8. The van der Waals surface area contributed by atoms with Crippen LogP contribution < -0.4 is 5.32 Å². The lowest BCUT2D eigenvalue weighted by molar-refractivity contribution is -0.121. The van der Waals surface area contributed by atoms with E-state index in [0.29, 0.717) is 24.7 Å². The number of methoxy groups -OCH3 is 1. The van der Waals surface area contributed by atoms with Gasteiger partial charge in [-0.15, -0.1) is 0 Å². The summed E-state index contributed by atoms with van der Waals surface area (Å²) in [6, 6.07) is 16.7. The highest BCUT2D eigenvalue weighted by atomic mass is 16.5. The van der Waals surface area contributed by atoms with Crippen molar-refractivity contribution in [2.45, 2.75) is 39.0 Å². The van der Waals surface area contributed by atoms with Crippen LogP contribution in [0.1, 0.15) is 42.3 Å². The van der Waals surface area contributed by atoms with Crippen molar-refractivity contribution in [1.29, 1.82) is 0 Å². The average molecular weight is 423 g/mol. The number of hydrogen-bond donors (Lipinski definition) is 1. The fraction of sp³-hybridized carbons (Fsp3) is 0.375. The maximum absolute atomic E-state index is 12.4. The van der Waals surface area contributed by atoms with Crippen LogP contribution >= 0.6 is 0 Å². The third-order valence-corrected chi connectivity index (χ3v) is 5.02. The highest BCUT2D eigenvalue weighted by molar-refractivity contribution is 5.76. The molecule has 0 radical (unpaired) electrons. The molecular weight excluding hydrogens is 392 g/mol. The molecule has 0 bridgehead atoms. The highest BCUT2D eigenvalue weighted by Crippen LogP contribution is 2.24. The van der Waals surface area contributed by atoms with Gasteiger partial charge in [-0.25, -0.2) is 0 Å². The molecule has 0 fully saturated rings. The first-order valence-corrected chi connectivity index (χ1v) is 10.4. The molecule has 7 nitrogen and oxygen atoms in total. The molecule has 0 aliphatic rings. The number of nitrogens with one attached hydrogen (secondary N) is 1. The summed E-state index contributed by atoms with van der Waals surface area (Å²) in [7, 11) is 5.71. The van der Waals surface area contributed by atoms with Gasteiger partial charge in [-0.1, -0.05) is 53.7 Å². The van der Waals surface area contributed by atoms with Gasteiger partial charge in [0.2, 0.25) is 11.8 Å². The molecule has 1 aromatic heterocycles. The normalized spacial score (nSPS) is 12.2. The molecule has 0 aliphatic heterocycles. The smallest absolute Gasteiger partial charge is 0.227 e. The predicted molar refractivity (Wildman–Crippen MR) is 119 cm³/mol. The Morgan fingerprint density at radius 3 is 2.61 bits per heavy atom. The van der Waals surface area contributed by atoms with E-state index in [-0.39, 0.29) is 18.4 Å². The van der Waals surface area contributed by atoms with Crippen molar-refractivity contribution < 1.29 is 14.1 Å². The topological polar surface area (TPSA) is 80.5 Å². The molecule has 31 heavy (non-hydrogen) atoms. The molecule has 1 amide bonds. The first kappa shape index (κ1) is 22.7. The van der Waals surface area contributed by atoms with E-state index < -0.39 is 0 Å². The van der Waals surface area contributed by atoms with Crippen molar-refractivity contribution >= 4 is 5.91 Å². The zero-order valence-corrected chi connectivity index (χ0v) is 18.6. The standard InChI is InChI=1S/C24H30N4O3/c1-17(30-4)24-26-23(31-27-24)14-13-22(29)25-15-20-7-5-6-8-21(20)19-11-9-18(10-12-19)16-28(2)3/h5-12,17H,13-16H2,1-4H3,(H,25,29)/t17-/m0/s1. The van der Waals surface area contributed by atoms with Crippen LogP contribution in [0.4, 0.5) is 0 Å². The van der Waals surface area contributed by atoms with E-state index in [0.717, 1.165) is 23.2 Å². The Morgan fingerprint density at radius 2 is 1.90 bits per heavy atom. The summed E-state index contributed by atoms with van der Waals surface area (Å²) in [5.74, 6) is 0.867. The number of carbonyl (C=O) groups excluding carboxylic acids is 1. The Balaban J connectivity index is 1.57. The monoisotopic (exact) mass is 422 g/mol. The Hall–Kier alpha value is -3.03. The van der Waals surface area contributed by atoms with Crippen molar-refractivity contribution in [3.63, 3.8) is 0 Å². The van der Waals surface area contributed by atoms with Gasteiger partial charge in [0.05, 0.1) is 0 Å². The molecule has 0 saturated carbocycles. The van der Waals surface area contributed by atoms with E-state index in [9.17, 15) is 4.79 Å². The van der Waals surface area contributed by atoms with Crippen molar-refractivity contribution in [3.8, 4) is 11.1 Å². The Morgan fingerprint density at radius 1 is 1.16 bits per heavy atom. The number of rotatable bonds is 10. The molecule has 0 aliphatic carbocycles. The van der Waals surface area contributed by atoms with E-state index in [1.165, 1.54) is 5.56 Å². The maximum Gasteiger partial charge on any atom is 0.227 e. The number of carbonyl (C=O) groups is 1. The zero-order chi connectivity index (χ0) is 22.2. The first-order valence-electron chi connectivity index (χ1n) is 10.4. The van der Waals surface area contributed by atoms with E-state index >= 15 is 0 Å². The van der Waals surface area contributed by atoms with Gasteiger partial charge in [0, 0.05) is 33.0 Å². The molecule has 1 atom stereocenters. The van der Waals surface area contributed by atoms with Crippen LogP contribution in [0, 0.1) is 0 Å². The number of nitrogens with zero attached hydrogens (tertiary/aromatic N) is 3. The zero-order valence-electron chi connectivity index (χ0n) is 18.6. The fourth-order valence-corrected chi connectivity index (χ4v) is 3.25. The van der Waals surface area contributed by atoms with Crippen LogP contribution in [0.5, 0.6) is 0 Å². The second kappa shape index (κ2) is 10.8. The first-order chi connectivity index (χ1) is 15.0. The fourth-order valence-electron chi connectivity index (χ4n) is 3.25. The lowest BCUT2D eigenvalue weighted by Crippen LogP contribution is -2.23. The lowest BCUT2D eigenvalue weighted by atomic mass is 9.98. The Labute approximate surface area is 183 Å². The van der Waals surface area contributed by atoms with Crippen LogP contribution in [0.25, 0.3) is 11.1 Å².